The van der Waals surface area contributed by atoms with Crippen molar-refractivity contribution in [2.24, 2.45) is 10.7 Å². The molecule has 0 aliphatic heterocycles. The molecular weight excluding hydrogens is 237 g/mol. The summed E-state index contributed by atoms with van der Waals surface area (Å²) in [5.41, 5.74) is 7.35. The first-order valence-corrected chi connectivity index (χ1v) is 6.06. The molecule has 0 spiro atoms. The van der Waals surface area contributed by atoms with Gasteiger partial charge < -0.3 is 10.5 Å². The van der Waals surface area contributed by atoms with Crippen LogP contribution in [0.2, 0.25) is 0 Å². The van der Waals surface area contributed by atoms with Crippen LogP contribution in [0.25, 0.3) is 0 Å². The largest absolute Gasteiger partial charge is 0.489 e. The van der Waals surface area contributed by atoms with Crippen molar-refractivity contribution < 1.29 is 4.74 Å². The molecule has 0 saturated heterocycles. The minimum Gasteiger partial charge on any atom is -0.489 e. The number of nitriles is 1. The molecule has 0 bridgehead atoms. The highest BCUT2D eigenvalue weighted by molar-refractivity contribution is 6.41. The standard InChI is InChI=1S/C14H14BN3O/c1-18-14(12(15)8-17)10-3-2-4-13(11(10)7-16)19-9-5-6-9/h2-4,8-9H,5-6,17H2,1H3/b12-8+,18-14?. The number of benzene rings is 1. The zero-order valence-electron chi connectivity index (χ0n) is 10.8. The van der Waals surface area contributed by atoms with Crippen LogP contribution < -0.4 is 10.5 Å². The maximum atomic E-state index is 9.35. The monoisotopic (exact) mass is 251 g/mol. The third-order valence-corrected chi connectivity index (χ3v) is 2.89. The van der Waals surface area contributed by atoms with Gasteiger partial charge in [0.1, 0.15) is 25.2 Å². The van der Waals surface area contributed by atoms with Gasteiger partial charge in [-0.05, 0) is 25.1 Å². The van der Waals surface area contributed by atoms with Crippen molar-refractivity contribution >= 4 is 13.6 Å². The van der Waals surface area contributed by atoms with Crippen molar-refractivity contribution in [1.29, 1.82) is 5.26 Å². The predicted octanol–water partition coefficient (Wildman–Crippen LogP) is 1.49. The molecule has 0 aromatic heterocycles. The Kier molecular flexibility index (Phi) is 3.91. The van der Waals surface area contributed by atoms with Crippen molar-refractivity contribution in [3.8, 4) is 11.8 Å². The lowest BCUT2D eigenvalue weighted by atomic mass is 9.86. The fourth-order valence-corrected chi connectivity index (χ4v) is 1.79. The van der Waals surface area contributed by atoms with Gasteiger partial charge in [-0.15, -0.1) is 0 Å². The highest BCUT2D eigenvalue weighted by Gasteiger charge is 2.25. The van der Waals surface area contributed by atoms with Crippen molar-refractivity contribution in [3.05, 3.63) is 41.0 Å². The SMILES string of the molecule is [B]/C(=C/N)C(=NC)c1cccc(OC2CC2)c1C#N. The summed E-state index contributed by atoms with van der Waals surface area (Å²) in [6.45, 7) is 0. The third kappa shape index (κ3) is 2.79. The van der Waals surface area contributed by atoms with Gasteiger partial charge in [0, 0.05) is 12.6 Å². The number of nitrogens with zero attached hydrogens (tertiary/aromatic N) is 2. The second-order valence-corrected chi connectivity index (χ2v) is 4.30. The Morgan fingerprint density at radius 2 is 2.32 bits per heavy atom. The first kappa shape index (κ1) is 13.2. The van der Waals surface area contributed by atoms with Crippen LogP contribution in [0.5, 0.6) is 5.75 Å². The highest BCUT2D eigenvalue weighted by Crippen LogP contribution is 2.31. The van der Waals surface area contributed by atoms with Crippen LogP contribution in [0.1, 0.15) is 24.0 Å². The Morgan fingerprint density at radius 3 is 2.84 bits per heavy atom. The molecule has 19 heavy (non-hydrogen) atoms. The zero-order chi connectivity index (χ0) is 13.8. The van der Waals surface area contributed by atoms with Crippen molar-refractivity contribution in [2.75, 3.05) is 7.05 Å². The molecule has 0 atom stereocenters. The van der Waals surface area contributed by atoms with Gasteiger partial charge in [0.05, 0.1) is 11.8 Å². The van der Waals surface area contributed by atoms with E-state index >= 15 is 0 Å². The summed E-state index contributed by atoms with van der Waals surface area (Å²) >= 11 is 0. The lowest BCUT2D eigenvalue weighted by Crippen LogP contribution is -2.11. The lowest BCUT2D eigenvalue weighted by molar-refractivity contribution is 0.302. The molecule has 2 rings (SSSR count). The average Bonchev–Trinajstić information content (AvgIpc) is 3.23. The molecule has 0 heterocycles. The number of hydrogen-bond donors (Lipinski definition) is 1. The molecule has 4 nitrogen and oxygen atoms in total. The molecule has 1 aromatic rings. The highest BCUT2D eigenvalue weighted by atomic mass is 16.5. The summed E-state index contributed by atoms with van der Waals surface area (Å²) in [5, 5.41) is 9.35. The maximum absolute atomic E-state index is 9.35. The van der Waals surface area contributed by atoms with Crippen LogP contribution in [0.4, 0.5) is 0 Å². The Labute approximate surface area is 114 Å². The summed E-state index contributed by atoms with van der Waals surface area (Å²) < 4.78 is 5.73. The summed E-state index contributed by atoms with van der Waals surface area (Å²) in [6.07, 6.45) is 3.58. The maximum Gasteiger partial charge on any atom is 0.138 e. The van der Waals surface area contributed by atoms with Crippen LogP contribution in [-0.4, -0.2) is 26.7 Å². The van der Waals surface area contributed by atoms with Gasteiger partial charge in [-0.3, -0.25) is 4.99 Å². The van der Waals surface area contributed by atoms with E-state index in [9.17, 15) is 5.26 Å². The van der Waals surface area contributed by atoms with Crippen molar-refractivity contribution in [2.45, 2.75) is 18.9 Å². The van der Waals surface area contributed by atoms with E-state index in [2.05, 4.69) is 11.1 Å². The molecule has 1 aliphatic rings. The number of nitrogens with two attached hydrogens (primary N) is 1. The Hall–Kier alpha value is -2.22. The molecule has 94 valence electrons. The molecule has 1 aromatic carbocycles. The fraction of sp³-hybridized carbons (Fsp3) is 0.286. The molecule has 0 amide bonds. The lowest BCUT2D eigenvalue weighted by Gasteiger charge is -2.12. The predicted molar refractivity (Wildman–Crippen MR) is 75.3 cm³/mol. The molecule has 1 fully saturated rings. The molecule has 1 saturated carbocycles. The van der Waals surface area contributed by atoms with E-state index in [-0.39, 0.29) is 6.10 Å². The van der Waals surface area contributed by atoms with E-state index in [0.29, 0.717) is 28.1 Å². The smallest absolute Gasteiger partial charge is 0.138 e. The van der Waals surface area contributed by atoms with Crippen LogP contribution in [0.3, 0.4) is 0 Å². The summed E-state index contributed by atoms with van der Waals surface area (Å²) in [4.78, 5) is 4.11. The second-order valence-electron chi connectivity index (χ2n) is 4.30. The van der Waals surface area contributed by atoms with Gasteiger partial charge in [-0.25, -0.2) is 0 Å². The van der Waals surface area contributed by atoms with E-state index in [0.717, 1.165) is 12.8 Å². The summed E-state index contributed by atoms with van der Waals surface area (Å²) in [7, 11) is 7.41. The van der Waals surface area contributed by atoms with Crippen LogP contribution >= 0.6 is 0 Å². The van der Waals surface area contributed by atoms with Gasteiger partial charge in [0.2, 0.25) is 0 Å². The van der Waals surface area contributed by atoms with E-state index < -0.39 is 0 Å². The first-order chi connectivity index (χ1) is 9.21. The normalized spacial score (nSPS) is 16.0. The van der Waals surface area contributed by atoms with E-state index in [1.807, 2.05) is 6.07 Å². The average molecular weight is 251 g/mol. The van der Waals surface area contributed by atoms with Crippen LogP contribution in [0, 0.1) is 11.3 Å². The molecule has 1 aliphatic carbocycles. The minimum atomic E-state index is 0.228. The summed E-state index contributed by atoms with van der Waals surface area (Å²) in [5.74, 6) is 0.577. The minimum absolute atomic E-state index is 0.228. The zero-order valence-corrected chi connectivity index (χ0v) is 10.8. The van der Waals surface area contributed by atoms with E-state index in [1.54, 1.807) is 19.2 Å². The van der Waals surface area contributed by atoms with Crippen LogP contribution in [0.15, 0.2) is 34.9 Å². The Bertz CT molecular complexity index is 583. The number of ether oxygens (including phenoxy) is 1. The van der Waals surface area contributed by atoms with E-state index in [1.165, 1.54) is 6.20 Å². The number of aliphatic imine (C=N–C) groups is 1. The van der Waals surface area contributed by atoms with Crippen molar-refractivity contribution in [3.63, 3.8) is 0 Å². The quantitative estimate of drug-likeness (QED) is 0.650. The molecule has 0 unspecified atom stereocenters. The Morgan fingerprint density at radius 1 is 1.58 bits per heavy atom. The van der Waals surface area contributed by atoms with E-state index in [4.69, 9.17) is 18.3 Å². The topological polar surface area (TPSA) is 71.4 Å². The van der Waals surface area contributed by atoms with Gasteiger partial charge in [-0.1, -0.05) is 17.6 Å². The van der Waals surface area contributed by atoms with Gasteiger partial charge in [0.25, 0.3) is 0 Å². The molecular formula is C14H14BN3O. The molecule has 2 N–H and O–H groups in total. The fourth-order valence-electron chi connectivity index (χ4n) is 1.79. The van der Waals surface area contributed by atoms with Crippen LogP contribution in [-0.2, 0) is 0 Å². The van der Waals surface area contributed by atoms with Gasteiger partial charge in [0.15, 0.2) is 0 Å². The number of hydrogen-bond acceptors (Lipinski definition) is 4. The molecule has 2 radical (unpaired) electrons. The third-order valence-electron chi connectivity index (χ3n) is 2.89. The van der Waals surface area contributed by atoms with Gasteiger partial charge >= 0.3 is 0 Å². The number of allylic oxidation sites excluding steroid dienone is 1. The molecule has 5 heteroatoms. The van der Waals surface area contributed by atoms with Gasteiger partial charge in [-0.2, -0.15) is 5.26 Å². The second kappa shape index (κ2) is 5.62. The Balaban J connectivity index is 2.47. The first-order valence-electron chi connectivity index (χ1n) is 6.06. The summed E-state index contributed by atoms with van der Waals surface area (Å²) in [6, 6.07) is 7.56. The van der Waals surface area contributed by atoms with Crippen molar-refractivity contribution in [1.82, 2.24) is 0 Å². The number of rotatable bonds is 4.